The van der Waals surface area contributed by atoms with E-state index in [0.29, 0.717) is 22.1 Å². The minimum atomic E-state index is -1.10. The number of carbonyl (C=O) groups excluding carboxylic acids is 3. The zero-order chi connectivity index (χ0) is 20.7. The molecule has 0 aromatic heterocycles. The molecule has 0 spiro atoms. The van der Waals surface area contributed by atoms with Gasteiger partial charge in [-0.1, -0.05) is 29.8 Å². The summed E-state index contributed by atoms with van der Waals surface area (Å²) in [4.78, 5) is 39.9. The molecular weight excluding hydrogens is 398 g/mol. The number of methoxy groups -OCH3 is 2. The predicted octanol–water partition coefficient (Wildman–Crippen LogP) is 2.26. The molecule has 29 heavy (non-hydrogen) atoms. The van der Waals surface area contributed by atoms with Gasteiger partial charge in [0, 0.05) is 5.02 Å². The Morgan fingerprint density at radius 2 is 1.83 bits per heavy atom. The van der Waals surface area contributed by atoms with Crippen LogP contribution in [0.5, 0.6) is 5.75 Å². The average molecular weight is 414 g/mol. The van der Waals surface area contributed by atoms with E-state index in [2.05, 4.69) is 5.10 Å². The molecule has 0 radical (unpaired) electrons. The highest BCUT2D eigenvalue weighted by Gasteiger charge is 2.59. The molecule has 2 aromatic carbocycles. The van der Waals surface area contributed by atoms with Crippen LogP contribution in [0.2, 0.25) is 5.02 Å². The zero-order valence-corrected chi connectivity index (χ0v) is 16.3. The van der Waals surface area contributed by atoms with Gasteiger partial charge < -0.3 is 9.47 Å². The van der Waals surface area contributed by atoms with Gasteiger partial charge in [-0.2, -0.15) is 5.10 Å². The summed E-state index contributed by atoms with van der Waals surface area (Å²) in [7, 11) is 2.64. The molecule has 8 nitrogen and oxygen atoms in total. The molecule has 0 saturated carbocycles. The minimum Gasteiger partial charge on any atom is -0.495 e. The third-order valence-electron chi connectivity index (χ3n) is 4.84. The topological polar surface area (TPSA) is 88.5 Å². The Morgan fingerprint density at radius 1 is 1.07 bits per heavy atom. The molecule has 2 heterocycles. The second-order valence-electron chi connectivity index (χ2n) is 6.41. The molecule has 2 aliphatic heterocycles. The van der Waals surface area contributed by atoms with Gasteiger partial charge in [-0.3, -0.25) is 14.6 Å². The van der Waals surface area contributed by atoms with Crippen molar-refractivity contribution in [1.82, 2.24) is 0 Å². The van der Waals surface area contributed by atoms with E-state index in [1.54, 1.807) is 48.5 Å². The van der Waals surface area contributed by atoms with Crippen LogP contribution >= 0.6 is 11.6 Å². The van der Waals surface area contributed by atoms with E-state index in [9.17, 15) is 14.4 Å². The van der Waals surface area contributed by atoms with E-state index in [4.69, 9.17) is 21.1 Å². The fraction of sp³-hybridized carbons (Fsp3) is 0.200. The Morgan fingerprint density at radius 3 is 2.52 bits per heavy atom. The van der Waals surface area contributed by atoms with Crippen molar-refractivity contribution in [3.05, 3.63) is 53.6 Å². The molecule has 1 saturated heterocycles. The Bertz CT molecular complexity index is 1050. The third-order valence-corrected chi connectivity index (χ3v) is 5.08. The maximum absolute atomic E-state index is 13.3. The zero-order valence-electron chi connectivity index (χ0n) is 15.5. The summed E-state index contributed by atoms with van der Waals surface area (Å²) in [5.41, 5.74) is 0.650. The van der Waals surface area contributed by atoms with E-state index in [0.717, 1.165) is 4.90 Å². The number of benzene rings is 2. The Hall–Kier alpha value is -3.39. The van der Waals surface area contributed by atoms with Crippen molar-refractivity contribution >= 4 is 46.5 Å². The van der Waals surface area contributed by atoms with Crippen molar-refractivity contribution in [3.8, 4) is 5.75 Å². The Kier molecular flexibility index (Phi) is 4.71. The molecule has 2 amide bonds. The van der Waals surface area contributed by atoms with Crippen LogP contribution in [0.3, 0.4) is 0 Å². The van der Waals surface area contributed by atoms with E-state index >= 15 is 0 Å². The SMILES string of the molecule is COC(=O)C1=NN(c2cccc(Cl)c2)C2C(=O)N(c3ccccc3OC)C(=O)C12. The molecule has 4 rings (SSSR count). The summed E-state index contributed by atoms with van der Waals surface area (Å²) in [5, 5.41) is 6.02. The maximum Gasteiger partial charge on any atom is 0.355 e. The number of carbonyl (C=O) groups is 3. The first kappa shape index (κ1) is 18.9. The van der Waals surface area contributed by atoms with Crippen molar-refractivity contribution in [2.75, 3.05) is 24.1 Å². The smallest absolute Gasteiger partial charge is 0.355 e. The first-order valence-electron chi connectivity index (χ1n) is 8.70. The van der Waals surface area contributed by atoms with Crippen molar-refractivity contribution in [2.45, 2.75) is 6.04 Å². The molecule has 2 aromatic rings. The highest BCUT2D eigenvalue weighted by molar-refractivity contribution is 6.47. The summed E-state index contributed by atoms with van der Waals surface area (Å²) >= 11 is 6.08. The van der Waals surface area contributed by atoms with Crippen LogP contribution in [-0.4, -0.2) is 43.8 Å². The minimum absolute atomic E-state index is 0.131. The van der Waals surface area contributed by atoms with E-state index < -0.39 is 29.7 Å². The monoisotopic (exact) mass is 413 g/mol. The summed E-state index contributed by atoms with van der Waals surface area (Å²) in [6, 6.07) is 12.3. The van der Waals surface area contributed by atoms with Gasteiger partial charge in [-0.15, -0.1) is 0 Å². The largest absolute Gasteiger partial charge is 0.495 e. The van der Waals surface area contributed by atoms with Gasteiger partial charge in [0.25, 0.3) is 5.91 Å². The van der Waals surface area contributed by atoms with Crippen molar-refractivity contribution in [3.63, 3.8) is 0 Å². The van der Waals surface area contributed by atoms with Crippen LogP contribution in [0.15, 0.2) is 53.6 Å². The lowest BCUT2D eigenvalue weighted by atomic mass is 9.98. The van der Waals surface area contributed by atoms with E-state index in [1.165, 1.54) is 19.2 Å². The number of hydrogen-bond acceptors (Lipinski definition) is 7. The van der Waals surface area contributed by atoms with Gasteiger partial charge in [-0.25, -0.2) is 9.69 Å². The molecular formula is C20H16ClN3O5. The van der Waals surface area contributed by atoms with Gasteiger partial charge in [0.15, 0.2) is 5.71 Å². The van der Waals surface area contributed by atoms with Crippen molar-refractivity contribution in [1.29, 1.82) is 0 Å². The van der Waals surface area contributed by atoms with Crippen LogP contribution in [0.4, 0.5) is 11.4 Å². The number of amides is 2. The number of esters is 1. The molecule has 9 heteroatoms. The van der Waals surface area contributed by atoms with E-state index in [1.807, 2.05) is 0 Å². The molecule has 2 unspecified atom stereocenters. The Balaban J connectivity index is 1.83. The van der Waals surface area contributed by atoms with Gasteiger partial charge >= 0.3 is 5.97 Å². The van der Waals surface area contributed by atoms with Crippen LogP contribution < -0.4 is 14.6 Å². The number of hydrazone groups is 1. The quantitative estimate of drug-likeness (QED) is 0.564. The fourth-order valence-corrected chi connectivity index (χ4v) is 3.76. The fourth-order valence-electron chi connectivity index (χ4n) is 3.57. The number of nitrogens with zero attached hydrogens (tertiary/aromatic N) is 3. The lowest BCUT2D eigenvalue weighted by Crippen LogP contribution is -2.39. The lowest BCUT2D eigenvalue weighted by Gasteiger charge is -2.23. The molecule has 148 valence electrons. The number of rotatable bonds is 4. The van der Waals surface area contributed by atoms with Crippen LogP contribution in [0.1, 0.15) is 0 Å². The van der Waals surface area contributed by atoms with E-state index in [-0.39, 0.29) is 5.71 Å². The summed E-state index contributed by atoms with van der Waals surface area (Å²) < 4.78 is 10.1. The number of para-hydroxylation sites is 2. The van der Waals surface area contributed by atoms with Crippen LogP contribution in [0.25, 0.3) is 0 Å². The molecule has 1 fully saturated rings. The van der Waals surface area contributed by atoms with Crippen LogP contribution in [-0.2, 0) is 19.1 Å². The van der Waals surface area contributed by atoms with Gasteiger partial charge in [0.1, 0.15) is 17.7 Å². The average Bonchev–Trinajstić information content (AvgIpc) is 3.24. The highest BCUT2D eigenvalue weighted by Crippen LogP contribution is 2.40. The summed E-state index contributed by atoms with van der Waals surface area (Å²) in [6.45, 7) is 0. The first-order chi connectivity index (χ1) is 14.0. The predicted molar refractivity (Wildman–Crippen MR) is 106 cm³/mol. The molecule has 2 aliphatic rings. The number of anilines is 2. The third kappa shape index (κ3) is 2.92. The van der Waals surface area contributed by atoms with Gasteiger partial charge in [-0.05, 0) is 30.3 Å². The molecule has 0 bridgehead atoms. The maximum atomic E-state index is 13.3. The number of fused-ring (bicyclic) bond motifs is 1. The number of imide groups is 1. The molecule has 2 atom stereocenters. The second kappa shape index (κ2) is 7.21. The second-order valence-corrected chi connectivity index (χ2v) is 6.84. The standard InChI is InChI=1S/C20H16ClN3O5/c1-28-14-9-4-3-8-13(14)23-18(25)15-16(20(27)29-2)22-24(17(15)19(23)26)12-7-5-6-11(21)10-12/h3-10,15,17H,1-2H3. The lowest BCUT2D eigenvalue weighted by molar-refractivity contribution is -0.133. The molecule has 0 N–H and O–H groups in total. The van der Waals surface area contributed by atoms with Crippen molar-refractivity contribution < 1.29 is 23.9 Å². The number of hydrogen-bond donors (Lipinski definition) is 0. The van der Waals surface area contributed by atoms with Crippen molar-refractivity contribution in [2.24, 2.45) is 11.0 Å². The molecule has 0 aliphatic carbocycles. The highest BCUT2D eigenvalue weighted by atomic mass is 35.5. The van der Waals surface area contributed by atoms with Crippen LogP contribution in [0, 0.1) is 5.92 Å². The summed E-state index contributed by atoms with van der Waals surface area (Å²) in [6.07, 6.45) is 0. The summed E-state index contributed by atoms with van der Waals surface area (Å²) in [5.74, 6) is -2.60. The number of halogens is 1. The van der Waals surface area contributed by atoms with Gasteiger partial charge in [0.2, 0.25) is 5.91 Å². The Labute approximate surface area is 171 Å². The van der Waals surface area contributed by atoms with Gasteiger partial charge in [0.05, 0.1) is 25.6 Å². The number of ether oxygens (including phenoxy) is 2. The first-order valence-corrected chi connectivity index (χ1v) is 9.08. The normalized spacial score (nSPS) is 20.6.